The number of hydrogen-bond acceptors (Lipinski definition) is 4. The Balaban J connectivity index is 1.53. The Morgan fingerprint density at radius 1 is 1.20 bits per heavy atom. The van der Waals surface area contributed by atoms with Crippen LogP contribution in [0.2, 0.25) is 0 Å². The molecule has 88 valence electrons. The number of nitrogens with one attached hydrogen (secondary N) is 2. The van der Waals surface area contributed by atoms with Crippen molar-refractivity contribution in [1.82, 2.24) is 10.6 Å². The van der Waals surface area contributed by atoms with Gasteiger partial charge in [0.15, 0.2) is 0 Å². The van der Waals surface area contributed by atoms with Crippen molar-refractivity contribution in [2.45, 2.75) is 31.4 Å². The van der Waals surface area contributed by atoms with Crippen molar-refractivity contribution < 1.29 is 9.47 Å². The van der Waals surface area contributed by atoms with Crippen LogP contribution in [0.25, 0.3) is 0 Å². The highest BCUT2D eigenvalue weighted by atomic mass is 16.5. The first-order chi connectivity index (χ1) is 7.45. The second kappa shape index (κ2) is 6.43. The van der Waals surface area contributed by atoms with Crippen molar-refractivity contribution >= 4 is 0 Å². The standard InChI is InChI=1S/C11H22N2O2/c1-2-5-15-11(3-1)8-12-7-10-9-14-6-4-13-10/h10-13H,1-9H2. The van der Waals surface area contributed by atoms with E-state index in [1.807, 2.05) is 0 Å². The summed E-state index contributed by atoms with van der Waals surface area (Å²) in [5.74, 6) is 0. The summed E-state index contributed by atoms with van der Waals surface area (Å²) in [6.45, 7) is 5.57. The first kappa shape index (κ1) is 11.3. The Bertz CT molecular complexity index is 148. The van der Waals surface area contributed by atoms with E-state index in [-0.39, 0.29) is 0 Å². The van der Waals surface area contributed by atoms with Gasteiger partial charge in [-0.05, 0) is 19.3 Å². The topological polar surface area (TPSA) is 42.5 Å². The largest absolute Gasteiger partial charge is 0.378 e. The molecule has 4 nitrogen and oxygen atoms in total. The minimum absolute atomic E-state index is 0.434. The minimum atomic E-state index is 0.434. The smallest absolute Gasteiger partial charge is 0.0699 e. The zero-order chi connectivity index (χ0) is 10.3. The summed E-state index contributed by atoms with van der Waals surface area (Å²) in [6.07, 6.45) is 4.19. The van der Waals surface area contributed by atoms with Crippen LogP contribution in [0.4, 0.5) is 0 Å². The first-order valence-electron chi connectivity index (χ1n) is 6.08. The summed E-state index contributed by atoms with van der Waals surface area (Å²) in [4.78, 5) is 0. The molecule has 15 heavy (non-hydrogen) atoms. The molecule has 0 aliphatic carbocycles. The molecule has 2 rings (SSSR count). The van der Waals surface area contributed by atoms with Gasteiger partial charge in [-0.2, -0.15) is 0 Å². The molecule has 0 radical (unpaired) electrons. The van der Waals surface area contributed by atoms with Gasteiger partial charge < -0.3 is 20.1 Å². The molecule has 0 aromatic carbocycles. The number of ether oxygens (including phenoxy) is 2. The summed E-state index contributed by atoms with van der Waals surface area (Å²) >= 11 is 0. The number of hydrogen-bond donors (Lipinski definition) is 2. The Hall–Kier alpha value is -0.160. The van der Waals surface area contributed by atoms with E-state index in [0.717, 1.165) is 39.5 Å². The average Bonchev–Trinajstić information content (AvgIpc) is 2.32. The third-order valence-electron chi connectivity index (χ3n) is 3.04. The summed E-state index contributed by atoms with van der Waals surface area (Å²) in [5, 5.41) is 6.89. The maximum absolute atomic E-state index is 5.65. The first-order valence-corrected chi connectivity index (χ1v) is 6.08. The van der Waals surface area contributed by atoms with Crippen LogP contribution in [0.3, 0.4) is 0 Å². The summed E-state index contributed by atoms with van der Waals surface area (Å²) in [7, 11) is 0. The molecule has 2 atom stereocenters. The maximum atomic E-state index is 5.65. The number of rotatable bonds is 4. The van der Waals surface area contributed by atoms with Crippen LogP contribution in [0.15, 0.2) is 0 Å². The van der Waals surface area contributed by atoms with Crippen molar-refractivity contribution in [3.8, 4) is 0 Å². The molecule has 0 saturated carbocycles. The highest BCUT2D eigenvalue weighted by Gasteiger charge is 2.15. The second-order valence-electron chi connectivity index (χ2n) is 4.37. The third-order valence-corrected chi connectivity index (χ3v) is 3.04. The van der Waals surface area contributed by atoms with E-state index in [1.54, 1.807) is 0 Å². The van der Waals surface area contributed by atoms with E-state index in [4.69, 9.17) is 9.47 Å². The molecule has 0 aromatic heterocycles. The van der Waals surface area contributed by atoms with Gasteiger partial charge in [-0.15, -0.1) is 0 Å². The Kier molecular flexibility index (Phi) is 4.86. The van der Waals surface area contributed by atoms with Crippen molar-refractivity contribution in [3.63, 3.8) is 0 Å². The molecule has 2 heterocycles. The molecule has 2 aliphatic rings. The molecule has 2 fully saturated rings. The van der Waals surface area contributed by atoms with Crippen LogP contribution >= 0.6 is 0 Å². The van der Waals surface area contributed by atoms with Gasteiger partial charge in [0, 0.05) is 32.3 Å². The highest BCUT2D eigenvalue weighted by Crippen LogP contribution is 2.11. The molecule has 0 spiro atoms. The molecule has 2 N–H and O–H groups in total. The van der Waals surface area contributed by atoms with Gasteiger partial charge >= 0.3 is 0 Å². The molecule has 4 heteroatoms. The molecule has 0 bridgehead atoms. The molecular formula is C11H22N2O2. The highest BCUT2D eigenvalue weighted by molar-refractivity contribution is 4.74. The third kappa shape index (κ3) is 4.07. The SMILES string of the molecule is C1CCC(CNCC2COCCN2)OC1. The van der Waals surface area contributed by atoms with E-state index in [1.165, 1.54) is 19.3 Å². The lowest BCUT2D eigenvalue weighted by atomic mass is 10.1. The molecule has 0 amide bonds. The van der Waals surface area contributed by atoms with E-state index in [0.29, 0.717) is 12.1 Å². The van der Waals surface area contributed by atoms with Crippen LogP contribution in [0, 0.1) is 0 Å². The van der Waals surface area contributed by atoms with Gasteiger partial charge in [0.05, 0.1) is 19.3 Å². The van der Waals surface area contributed by atoms with Gasteiger partial charge in [0.2, 0.25) is 0 Å². The van der Waals surface area contributed by atoms with E-state index in [2.05, 4.69) is 10.6 Å². The van der Waals surface area contributed by atoms with E-state index >= 15 is 0 Å². The van der Waals surface area contributed by atoms with Gasteiger partial charge in [-0.3, -0.25) is 0 Å². The molecule has 0 aromatic rings. The Labute approximate surface area is 91.7 Å². The van der Waals surface area contributed by atoms with Gasteiger partial charge in [-0.1, -0.05) is 0 Å². The fourth-order valence-electron chi connectivity index (χ4n) is 2.14. The normalized spacial score (nSPS) is 32.8. The monoisotopic (exact) mass is 214 g/mol. The molecule has 2 saturated heterocycles. The fourth-order valence-corrected chi connectivity index (χ4v) is 2.14. The zero-order valence-corrected chi connectivity index (χ0v) is 9.34. The lowest BCUT2D eigenvalue weighted by Gasteiger charge is -2.26. The van der Waals surface area contributed by atoms with Gasteiger partial charge in [0.1, 0.15) is 0 Å². The Morgan fingerprint density at radius 3 is 2.93 bits per heavy atom. The van der Waals surface area contributed by atoms with E-state index in [9.17, 15) is 0 Å². The molecule has 2 unspecified atom stereocenters. The van der Waals surface area contributed by atoms with Crippen LogP contribution in [0.5, 0.6) is 0 Å². The lowest BCUT2D eigenvalue weighted by molar-refractivity contribution is 0.0152. The van der Waals surface area contributed by atoms with Crippen molar-refractivity contribution in [3.05, 3.63) is 0 Å². The number of morpholine rings is 1. The van der Waals surface area contributed by atoms with Crippen LogP contribution in [0.1, 0.15) is 19.3 Å². The zero-order valence-electron chi connectivity index (χ0n) is 9.34. The van der Waals surface area contributed by atoms with Crippen LogP contribution in [-0.4, -0.2) is 51.6 Å². The van der Waals surface area contributed by atoms with Gasteiger partial charge in [-0.25, -0.2) is 0 Å². The summed E-state index contributed by atoms with van der Waals surface area (Å²) in [6, 6.07) is 0.474. The predicted octanol–water partition coefficient (Wildman–Crippen LogP) is 0.134. The average molecular weight is 214 g/mol. The van der Waals surface area contributed by atoms with E-state index < -0.39 is 0 Å². The predicted molar refractivity (Wildman–Crippen MR) is 59.1 cm³/mol. The second-order valence-corrected chi connectivity index (χ2v) is 4.37. The summed E-state index contributed by atoms with van der Waals surface area (Å²) in [5.41, 5.74) is 0. The lowest BCUT2D eigenvalue weighted by Crippen LogP contribution is -2.48. The van der Waals surface area contributed by atoms with Crippen molar-refractivity contribution in [1.29, 1.82) is 0 Å². The molecular weight excluding hydrogens is 192 g/mol. The Morgan fingerprint density at radius 2 is 2.20 bits per heavy atom. The maximum Gasteiger partial charge on any atom is 0.0699 e. The van der Waals surface area contributed by atoms with Crippen molar-refractivity contribution in [2.75, 3.05) is 39.5 Å². The molecule has 2 aliphatic heterocycles. The van der Waals surface area contributed by atoms with Gasteiger partial charge in [0.25, 0.3) is 0 Å². The quantitative estimate of drug-likeness (QED) is 0.698. The summed E-state index contributed by atoms with van der Waals surface area (Å²) < 4.78 is 11.0. The van der Waals surface area contributed by atoms with Crippen LogP contribution < -0.4 is 10.6 Å². The fraction of sp³-hybridized carbons (Fsp3) is 1.00. The van der Waals surface area contributed by atoms with Crippen LogP contribution in [-0.2, 0) is 9.47 Å². The minimum Gasteiger partial charge on any atom is -0.378 e. The van der Waals surface area contributed by atoms with Crippen molar-refractivity contribution in [2.24, 2.45) is 0 Å².